The van der Waals surface area contributed by atoms with Crippen LogP contribution in [0, 0.1) is 0 Å². The fraction of sp³-hybridized carbons (Fsp3) is 0. The Hall–Kier alpha value is -2.16. The van der Waals surface area contributed by atoms with E-state index in [0.717, 1.165) is 3.97 Å². The van der Waals surface area contributed by atoms with E-state index in [4.69, 9.17) is 5.14 Å². The van der Waals surface area contributed by atoms with Gasteiger partial charge in [-0.2, -0.15) is 0 Å². The first-order chi connectivity index (χ1) is 10.3. The molecule has 0 aliphatic rings. The fourth-order valence-electron chi connectivity index (χ4n) is 2.28. The molecule has 3 rings (SSSR count). The van der Waals surface area contributed by atoms with Gasteiger partial charge in [0.05, 0.1) is 15.3 Å². The Kier molecular flexibility index (Phi) is 3.32. The fourth-order valence-corrected chi connectivity index (χ4v) is 4.39. The Morgan fingerprint density at radius 1 is 0.818 bits per heavy atom. The number of nitrogens with zero attached hydrogens (tertiary/aromatic N) is 1. The highest BCUT2D eigenvalue weighted by Crippen LogP contribution is 2.26. The molecule has 0 atom stereocenters. The van der Waals surface area contributed by atoms with Gasteiger partial charge >= 0.3 is 0 Å². The number of hydrogen-bond donors (Lipinski definition) is 1. The van der Waals surface area contributed by atoms with E-state index in [-0.39, 0.29) is 20.7 Å². The number of primary sulfonamides is 1. The third-order valence-corrected chi connectivity index (χ3v) is 5.94. The number of sulfonamides is 1. The van der Waals surface area contributed by atoms with Gasteiger partial charge in [-0.25, -0.2) is 25.9 Å². The first-order valence-corrected chi connectivity index (χ1v) is 9.24. The zero-order valence-electron chi connectivity index (χ0n) is 11.2. The van der Waals surface area contributed by atoms with Gasteiger partial charge < -0.3 is 0 Å². The zero-order chi connectivity index (χ0) is 16.0. The van der Waals surface area contributed by atoms with Crippen LogP contribution in [0.3, 0.4) is 0 Å². The SMILES string of the molecule is NS(=O)(=O)c1cccc2c1ccn2S(=O)(=O)c1ccccc1. The maximum absolute atomic E-state index is 12.7. The molecule has 0 spiro atoms. The second-order valence-electron chi connectivity index (χ2n) is 4.66. The summed E-state index contributed by atoms with van der Waals surface area (Å²) >= 11 is 0. The van der Waals surface area contributed by atoms with Crippen molar-refractivity contribution < 1.29 is 16.8 Å². The third kappa shape index (κ3) is 2.31. The standard InChI is InChI=1S/C14H12N2O4S2/c15-21(17,18)14-8-4-7-13-12(14)9-10-16(13)22(19,20)11-5-2-1-3-6-11/h1-10H,(H2,15,17,18). The number of rotatable bonds is 3. The summed E-state index contributed by atoms with van der Waals surface area (Å²) in [6.07, 6.45) is 1.32. The molecule has 0 unspecified atom stereocenters. The van der Waals surface area contributed by atoms with Crippen molar-refractivity contribution in [2.75, 3.05) is 0 Å². The second-order valence-corrected chi connectivity index (χ2v) is 8.01. The van der Waals surface area contributed by atoms with Crippen LogP contribution in [0.25, 0.3) is 10.9 Å². The van der Waals surface area contributed by atoms with E-state index in [2.05, 4.69) is 0 Å². The van der Waals surface area contributed by atoms with Crippen molar-refractivity contribution in [2.24, 2.45) is 5.14 Å². The highest BCUT2D eigenvalue weighted by Gasteiger charge is 2.21. The lowest BCUT2D eigenvalue weighted by Gasteiger charge is -2.08. The van der Waals surface area contributed by atoms with Gasteiger partial charge in [-0.05, 0) is 30.3 Å². The van der Waals surface area contributed by atoms with Gasteiger partial charge in [-0.1, -0.05) is 24.3 Å². The molecule has 1 aromatic heterocycles. The van der Waals surface area contributed by atoms with Gasteiger partial charge in [0.25, 0.3) is 10.0 Å². The minimum Gasteiger partial charge on any atom is -0.241 e. The van der Waals surface area contributed by atoms with E-state index in [0.29, 0.717) is 0 Å². The average Bonchev–Trinajstić information content (AvgIpc) is 2.91. The van der Waals surface area contributed by atoms with Crippen LogP contribution in [0.15, 0.2) is 70.6 Å². The summed E-state index contributed by atoms with van der Waals surface area (Å²) in [5, 5.41) is 5.43. The first-order valence-electron chi connectivity index (χ1n) is 6.25. The van der Waals surface area contributed by atoms with Crippen molar-refractivity contribution in [1.82, 2.24) is 3.97 Å². The van der Waals surface area contributed by atoms with Crippen molar-refractivity contribution in [1.29, 1.82) is 0 Å². The van der Waals surface area contributed by atoms with E-state index in [9.17, 15) is 16.8 Å². The molecule has 0 aliphatic carbocycles. The van der Waals surface area contributed by atoms with Gasteiger partial charge in [0.2, 0.25) is 10.0 Å². The minimum absolute atomic E-state index is 0.105. The number of fused-ring (bicyclic) bond motifs is 1. The molecule has 0 saturated carbocycles. The van der Waals surface area contributed by atoms with Crippen molar-refractivity contribution in [2.45, 2.75) is 9.79 Å². The number of benzene rings is 2. The number of aromatic nitrogens is 1. The van der Waals surface area contributed by atoms with Crippen LogP contribution in [-0.4, -0.2) is 20.8 Å². The molecular weight excluding hydrogens is 324 g/mol. The summed E-state index contributed by atoms with van der Waals surface area (Å²) in [4.78, 5) is 0.0144. The lowest BCUT2D eigenvalue weighted by molar-refractivity contribution is 0.588. The summed E-state index contributed by atoms with van der Waals surface area (Å²) in [6, 6.07) is 13.7. The lowest BCUT2D eigenvalue weighted by atomic mass is 10.2. The molecule has 2 aromatic carbocycles. The van der Waals surface area contributed by atoms with Crippen molar-refractivity contribution in [3.63, 3.8) is 0 Å². The summed E-state index contributed by atoms with van der Waals surface area (Å²) in [5.74, 6) is 0. The van der Waals surface area contributed by atoms with Crippen molar-refractivity contribution in [3.05, 3.63) is 60.8 Å². The van der Waals surface area contributed by atoms with Crippen molar-refractivity contribution >= 4 is 30.9 Å². The third-order valence-electron chi connectivity index (χ3n) is 3.26. The maximum Gasteiger partial charge on any atom is 0.268 e. The van der Waals surface area contributed by atoms with Gasteiger partial charge in [0.15, 0.2) is 0 Å². The molecule has 0 aliphatic heterocycles. The van der Waals surface area contributed by atoms with Crippen LogP contribution in [0.2, 0.25) is 0 Å². The van der Waals surface area contributed by atoms with E-state index >= 15 is 0 Å². The van der Waals surface area contributed by atoms with Gasteiger partial charge in [0.1, 0.15) is 0 Å². The molecule has 0 bridgehead atoms. The summed E-state index contributed by atoms with van der Waals surface area (Å²) in [5.41, 5.74) is 0.260. The molecule has 0 amide bonds. The predicted molar refractivity (Wildman–Crippen MR) is 82.3 cm³/mol. The van der Waals surface area contributed by atoms with Crippen LogP contribution in [0.5, 0.6) is 0 Å². The largest absolute Gasteiger partial charge is 0.268 e. The van der Waals surface area contributed by atoms with Gasteiger partial charge in [-0.15, -0.1) is 0 Å². The molecule has 6 nitrogen and oxygen atoms in total. The Morgan fingerprint density at radius 2 is 1.50 bits per heavy atom. The zero-order valence-corrected chi connectivity index (χ0v) is 12.9. The molecule has 2 N–H and O–H groups in total. The summed E-state index contributed by atoms with van der Waals surface area (Å²) in [6.45, 7) is 0. The topological polar surface area (TPSA) is 99.2 Å². The quantitative estimate of drug-likeness (QED) is 0.784. The number of nitrogens with two attached hydrogens (primary N) is 1. The Labute approximate surface area is 127 Å². The predicted octanol–water partition coefficient (Wildman–Crippen LogP) is 1.53. The van der Waals surface area contributed by atoms with Crippen LogP contribution in [0.4, 0.5) is 0 Å². The van der Waals surface area contributed by atoms with Crippen molar-refractivity contribution in [3.8, 4) is 0 Å². The van der Waals surface area contributed by atoms with Gasteiger partial charge in [-0.3, -0.25) is 0 Å². The average molecular weight is 336 g/mol. The molecule has 0 saturated heterocycles. The lowest BCUT2D eigenvalue weighted by Crippen LogP contribution is -2.13. The normalized spacial score (nSPS) is 12.6. The first kappa shape index (κ1) is 14.8. The molecule has 8 heteroatoms. The molecule has 3 aromatic rings. The van der Waals surface area contributed by atoms with E-state index in [1.54, 1.807) is 18.2 Å². The second kappa shape index (κ2) is 4.94. The highest BCUT2D eigenvalue weighted by atomic mass is 32.2. The maximum atomic E-state index is 12.7. The van der Waals surface area contributed by atoms with E-state index < -0.39 is 20.0 Å². The van der Waals surface area contributed by atoms with E-state index in [1.165, 1.54) is 42.6 Å². The Morgan fingerprint density at radius 3 is 2.14 bits per heavy atom. The number of hydrogen-bond acceptors (Lipinski definition) is 4. The Balaban J connectivity index is 2.31. The van der Waals surface area contributed by atoms with Crippen LogP contribution < -0.4 is 5.14 Å². The van der Waals surface area contributed by atoms with Gasteiger partial charge in [0, 0.05) is 11.6 Å². The smallest absolute Gasteiger partial charge is 0.241 e. The highest BCUT2D eigenvalue weighted by molar-refractivity contribution is 7.90. The molecule has 114 valence electrons. The molecule has 0 fully saturated rings. The molecular formula is C14H12N2O4S2. The molecule has 1 heterocycles. The van der Waals surface area contributed by atoms with Crippen LogP contribution >= 0.6 is 0 Å². The Bertz CT molecular complexity index is 1050. The molecule has 0 radical (unpaired) electrons. The van der Waals surface area contributed by atoms with E-state index in [1.807, 2.05) is 0 Å². The van der Waals surface area contributed by atoms with Crippen LogP contribution in [0.1, 0.15) is 0 Å². The van der Waals surface area contributed by atoms with Crippen LogP contribution in [-0.2, 0) is 20.0 Å². The minimum atomic E-state index is -3.93. The molecule has 22 heavy (non-hydrogen) atoms. The summed E-state index contributed by atoms with van der Waals surface area (Å²) in [7, 11) is -7.74. The monoisotopic (exact) mass is 336 g/mol. The summed E-state index contributed by atoms with van der Waals surface area (Å²) < 4.78 is 49.5.